The molecule has 0 amide bonds. The molecule has 21 heavy (non-hydrogen) atoms. The molecule has 0 saturated carbocycles. The first kappa shape index (κ1) is 16.3. The fourth-order valence-electron chi connectivity index (χ4n) is 3.28. The van der Waals surface area contributed by atoms with Crippen LogP contribution in [0, 0.1) is 6.92 Å². The molecule has 2 rings (SSSR count). The van der Waals surface area contributed by atoms with Crippen LogP contribution in [-0.4, -0.2) is 35.7 Å². The van der Waals surface area contributed by atoms with Gasteiger partial charge < -0.3 is 9.84 Å². The summed E-state index contributed by atoms with van der Waals surface area (Å²) in [6.07, 6.45) is 4.60. The molecule has 0 radical (unpaired) electrons. The minimum atomic E-state index is -0.485. The van der Waals surface area contributed by atoms with Crippen LogP contribution in [0.3, 0.4) is 0 Å². The number of aliphatic hydroxyl groups excluding tert-OH is 1. The first-order chi connectivity index (χ1) is 9.96. The molecule has 118 valence electrons. The summed E-state index contributed by atoms with van der Waals surface area (Å²) in [6, 6.07) is 5.93. The second kappa shape index (κ2) is 6.80. The zero-order chi connectivity index (χ0) is 15.5. The molecule has 3 nitrogen and oxygen atoms in total. The first-order valence-electron chi connectivity index (χ1n) is 8.04. The van der Waals surface area contributed by atoms with E-state index in [2.05, 4.69) is 18.7 Å². The van der Waals surface area contributed by atoms with E-state index in [1.807, 2.05) is 25.1 Å². The third-order valence-electron chi connectivity index (χ3n) is 4.86. The monoisotopic (exact) mass is 291 g/mol. The van der Waals surface area contributed by atoms with Gasteiger partial charge in [-0.15, -0.1) is 0 Å². The maximum atomic E-state index is 11.0. The molecule has 1 aromatic rings. The van der Waals surface area contributed by atoms with Gasteiger partial charge in [-0.25, -0.2) is 0 Å². The van der Waals surface area contributed by atoms with Gasteiger partial charge in [0, 0.05) is 5.54 Å². The van der Waals surface area contributed by atoms with Gasteiger partial charge in [-0.3, -0.25) is 4.90 Å². The summed E-state index contributed by atoms with van der Waals surface area (Å²) >= 11 is 0. The number of nitrogens with zero attached hydrogens (tertiary/aromatic N) is 1. The van der Waals surface area contributed by atoms with Crippen LogP contribution in [0.2, 0.25) is 0 Å². The SMILES string of the molecule is COc1ccc(C(O)C(C)(C)N2CCCCCC2)c(C)c1. The van der Waals surface area contributed by atoms with Crippen molar-refractivity contribution in [2.24, 2.45) is 0 Å². The van der Waals surface area contributed by atoms with Crippen LogP contribution in [0.5, 0.6) is 5.75 Å². The average Bonchev–Trinajstić information content (AvgIpc) is 2.76. The Bertz CT molecular complexity index is 462. The summed E-state index contributed by atoms with van der Waals surface area (Å²) in [5.74, 6) is 0.844. The highest BCUT2D eigenvalue weighted by molar-refractivity contribution is 5.37. The van der Waals surface area contributed by atoms with Crippen molar-refractivity contribution >= 4 is 0 Å². The molecular formula is C18H29NO2. The van der Waals surface area contributed by atoms with E-state index in [0.29, 0.717) is 0 Å². The molecule has 1 aliphatic heterocycles. The van der Waals surface area contributed by atoms with Crippen molar-refractivity contribution in [1.82, 2.24) is 4.90 Å². The van der Waals surface area contributed by atoms with E-state index >= 15 is 0 Å². The maximum Gasteiger partial charge on any atom is 0.119 e. The lowest BCUT2D eigenvalue weighted by atomic mass is 9.87. The molecule has 1 unspecified atom stereocenters. The van der Waals surface area contributed by atoms with Crippen molar-refractivity contribution in [3.8, 4) is 5.75 Å². The Morgan fingerprint density at radius 2 is 1.76 bits per heavy atom. The van der Waals surface area contributed by atoms with Gasteiger partial charge in [-0.2, -0.15) is 0 Å². The fraction of sp³-hybridized carbons (Fsp3) is 0.667. The van der Waals surface area contributed by atoms with Gasteiger partial charge in [-0.05, 0) is 70.0 Å². The van der Waals surface area contributed by atoms with Crippen molar-refractivity contribution in [2.45, 2.75) is 58.1 Å². The van der Waals surface area contributed by atoms with Crippen LogP contribution >= 0.6 is 0 Å². The zero-order valence-electron chi connectivity index (χ0n) is 13.9. The summed E-state index contributed by atoms with van der Waals surface area (Å²) in [4.78, 5) is 2.45. The first-order valence-corrected chi connectivity index (χ1v) is 8.04. The van der Waals surface area contributed by atoms with Gasteiger partial charge in [0.25, 0.3) is 0 Å². The van der Waals surface area contributed by atoms with Gasteiger partial charge in [0.15, 0.2) is 0 Å². The number of hydrogen-bond acceptors (Lipinski definition) is 3. The Hall–Kier alpha value is -1.06. The maximum absolute atomic E-state index is 11.0. The molecule has 1 N–H and O–H groups in total. The fourth-order valence-corrected chi connectivity index (χ4v) is 3.28. The lowest BCUT2D eigenvalue weighted by molar-refractivity contribution is -0.0103. The van der Waals surface area contributed by atoms with Crippen LogP contribution in [0.1, 0.15) is 56.8 Å². The molecule has 0 spiro atoms. The Labute approximate surface area is 128 Å². The third-order valence-corrected chi connectivity index (χ3v) is 4.86. The van der Waals surface area contributed by atoms with Crippen LogP contribution in [-0.2, 0) is 0 Å². The molecule has 1 aliphatic rings. The van der Waals surface area contributed by atoms with Crippen molar-refractivity contribution < 1.29 is 9.84 Å². The standard InChI is InChI=1S/C18H29NO2/c1-14-13-15(21-4)9-10-16(14)17(20)18(2,3)19-11-7-5-6-8-12-19/h9-10,13,17,20H,5-8,11-12H2,1-4H3. The molecule has 3 heteroatoms. The molecule has 1 atom stereocenters. The van der Waals surface area contributed by atoms with Crippen molar-refractivity contribution in [3.63, 3.8) is 0 Å². The Balaban J connectivity index is 2.22. The van der Waals surface area contributed by atoms with Gasteiger partial charge in [0.2, 0.25) is 0 Å². The predicted molar refractivity (Wildman–Crippen MR) is 86.8 cm³/mol. The van der Waals surface area contributed by atoms with Crippen molar-refractivity contribution in [2.75, 3.05) is 20.2 Å². The van der Waals surface area contributed by atoms with Crippen LogP contribution in [0.15, 0.2) is 18.2 Å². The number of likely N-dealkylation sites (tertiary alicyclic amines) is 1. The highest BCUT2D eigenvalue weighted by atomic mass is 16.5. The number of hydrogen-bond donors (Lipinski definition) is 1. The van der Waals surface area contributed by atoms with Crippen molar-refractivity contribution in [3.05, 3.63) is 29.3 Å². The van der Waals surface area contributed by atoms with E-state index in [4.69, 9.17) is 4.74 Å². The molecular weight excluding hydrogens is 262 g/mol. The molecule has 0 aromatic heterocycles. The van der Waals surface area contributed by atoms with Crippen molar-refractivity contribution in [1.29, 1.82) is 0 Å². The largest absolute Gasteiger partial charge is 0.497 e. The molecule has 0 bridgehead atoms. The summed E-state index contributed by atoms with van der Waals surface area (Å²) < 4.78 is 5.26. The van der Waals surface area contributed by atoms with E-state index in [1.165, 1.54) is 25.7 Å². The van der Waals surface area contributed by atoms with E-state index in [9.17, 15) is 5.11 Å². The Kier molecular flexibility index (Phi) is 5.28. The van der Waals surface area contributed by atoms with Gasteiger partial charge in [0.05, 0.1) is 13.2 Å². The average molecular weight is 291 g/mol. The zero-order valence-corrected chi connectivity index (χ0v) is 13.9. The highest BCUT2D eigenvalue weighted by Gasteiger charge is 2.36. The molecule has 0 aliphatic carbocycles. The molecule has 1 heterocycles. The number of aliphatic hydroxyl groups is 1. The van der Waals surface area contributed by atoms with Crippen LogP contribution < -0.4 is 4.74 Å². The van der Waals surface area contributed by atoms with E-state index in [0.717, 1.165) is 30.0 Å². The molecule has 1 fully saturated rings. The quantitative estimate of drug-likeness (QED) is 0.918. The minimum Gasteiger partial charge on any atom is -0.497 e. The summed E-state index contributed by atoms with van der Waals surface area (Å²) in [5, 5.41) is 11.0. The third kappa shape index (κ3) is 3.58. The number of rotatable bonds is 4. The summed E-state index contributed by atoms with van der Waals surface area (Å²) in [7, 11) is 1.67. The van der Waals surface area contributed by atoms with Gasteiger partial charge in [0.1, 0.15) is 5.75 Å². The molecule has 1 aromatic carbocycles. The predicted octanol–water partition coefficient (Wildman–Crippen LogP) is 3.69. The van der Waals surface area contributed by atoms with Crippen LogP contribution in [0.4, 0.5) is 0 Å². The van der Waals surface area contributed by atoms with E-state index < -0.39 is 6.10 Å². The second-order valence-corrected chi connectivity index (χ2v) is 6.68. The smallest absolute Gasteiger partial charge is 0.119 e. The Morgan fingerprint density at radius 1 is 1.14 bits per heavy atom. The highest BCUT2D eigenvalue weighted by Crippen LogP contribution is 2.35. The van der Waals surface area contributed by atoms with E-state index in [1.54, 1.807) is 7.11 Å². The van der Waals surface area contributed by atoms with E-state index in [-0.39, 0.29) is 5.54 Å². The normalized spacial score (nSPS) is 19.1. The Morgan fingerprint density at radius 3 is 2.29 bits per heavy atom. The summed E-state index contributed by atoms with van der Waals surface area (Å²) in [6.45, 7) is 8.53. The minimum absolute atomic E-state index is 0.246. The number of benzene rings is 1. The topological polar surface area (TPSA) is 32.7 Å². The lowest BCUT2D eigenvalue weighted by Crippen LogP contribution is -2.49. The second-order valence-electron chi connectivity index (χ2n) is 6.68. The molecule has 1 saturated heterocycles. The number of aryl methyl sites for hydroxylation is 1. The lowest BCUT2D eigenvalue weighted by Gasteiger charge is -2.42. The van der Waals surface area contributed by atoms with Gasteiger partial charge >= 0.3 is 0 Å². The number of ether oxygens (including phenoxy) is 1. The number of methoxy groups -OCH3 is 1. The summed E-state index contributed by atoms with van der Waals surface area (Å²) in [5.41, 5.74) is 1.85. The van der Waals surface area contributed by atoms with Gasteiger partial charge in [-0.1, -0.05) is 18.9 Å². The van der Waals surface area contributed by atoms with Crippen LogP contribution in [0.25, 0.3) is 0 Å².